The Morgan fingerprint density at radius 2 is 2.10 bits per heavy atom. The van der Waals surface area contributed by atoms with Gasteiger partial charge in [-0.25, -0.2) is 13.4 Å². The Labute approximate surface area is 123 Å². The molecule has 3 rings (SSSR count). The summed E-state index contributed by atoms with van der Waals surface area (Å²) in [6.07, 6.45) is 4.53. The lowest BCUT2D eigenvalue weighted by molar-refractivity contribution is 0.474. The number of aromatic nitrogens is 1. The third-order valence-electron chi connectivity index (χ3n) is 3.66. The number of hydrogen-bond acceptors (Lipinski definition) is 5. The SMILES string of the molecule is CS(=O)(=O)c1ccc(NC2CCc3cc(O)ccc32)cn1. The first-order valence-electron chi connectivity index (χ1n) is 6.68. The molecular weight excluding hydrogens is 288 g/mol. The molecule has 0 saturated heterocycles. The molecule has 1 aliphatic carbocycles. The third kappa shape index (κ3) is 2.85. The summed E-state index contributed by atoms with van der Waals surface area (Å²) in [5.74, 6) is 0.286. The minimum absolute atomic E-state index is 0.0739. The number of rotatable bonds is 3. The quantitative estimate of drug-likeness (QED) is 0.909. The standard InChI is InChI=1S/C15H16N2O3S/c1-21(19,20)15-7-3-11(9-16-15)17-14-6-2-10-8-12(18)4-5-13(10)14/h3-5,7-9,14,17-18H,2,6H2,1H3. The van der Waals surface area contributed by atoms with Crippen LogP contribution < -0.4 is 5.32 Å². The lowest BCUT2D eigenvalue weighted by Crippen LogP contribution is -2.08. The van der Waals surface area contributed by atoms with Crippen LogP contribution in [0.1, 0.15) is 23.6 Å². The third-order valence-corrected chi connectivity index (χ3v) is 4.66. The maximum absolute atomic E-state index is 11.4. The Hall–Kier alpha value is -2.08. The van der Waals surface area contributed by atoms with Crippen LogP contribution in [-0.2, 0) is 16.3 Å². The van der Waals surface area contributed by atoms with Crippen molar-refractivity contribution in [3.8, 4) is 5.75 Å². The molecule has 0 fully saturated rings. The number of nitrogens with one attached hydrogen (secondary N) is 1. The molecule has 1 aliphatic rings. The van der Waals surface area contributed by atoms with Crippen molar-refractivity contribution in [2.24, 2.45) is 0 Å². The molecule has 1 aromatic carbocycles. The molecule has 1 heterocycles. The van der Waals surface area contributed by atoms with Gasteiger partial charge < -0.3 is 10.4 Å². The van der Waals surface area contributed by atoms with Gasteiger partial charge >= 0.3 is 0 Å². The number of nitrogens with zero attached hydrogens (tertiary/aromatic N) is 1. The predicted octanol–water partition coefficient (Wildman–Crippen LogP) is 2.29. The number of fused-ring (bicyclic) bond motifs is 1. The Morgan fingerprint density at radius 1 is 1.29 bits per heavy atom. The van der Waals surface area contributed by atoms with Gasteiger partial charge in [0.05, 0.1) is 17.9 Å². The molecule has 0 spiro atoms. The van der Waals surface area contributed by atoms with Crippen LogP contribution in [0.15, 0.2) is 41.6 Å². The number of benzene rings is 1. The van der Waals surface area contributed by atoms with Gasteiger partial charge in [-0.2, -0.15) is 0 Å². The van der Waals surface area contributed by atoms with E-state index in [0.29, 0.717) is 0 Å². The number of hydrogen-bond donors (Lipinski definition) is 2. The van der Waals surface area contributed by atoms with Crippen LogP contribution in [0.5, 0.6) is 5.75 Å². The fourth-order valence-electron chi connectivity index (χ4n) is 2.64. The second-order valence-electron chi connectivity index (χ2n) is 5.28. The van der Waals surface area contributed by atoms with Crippen LogP contribution in [0.4, 0.5) is 5.69 Å². The van der Waals surface area contributed by atoms with Gasteiger partial charge in [0.2, 0.25) is 0 Å². The van der Waals surface area contributed by atoms with E-state index >= 15 is 0 Å². The lowest BCUT2D eigenvalue weighted by atomic mass is 10.1. The summed E-state index contributed by atoms with van der Waals surface area (Å²) in [5, 5.41) is 12.9. The number of pyridine rings is 1. The topological polar surface area (TPSA) is 79.3 Å². The zero-order valence-corrected chi connectivity index (χ0v) is 12.4. The molecule has 0 bridgehead atoms. The molecule has 0 amide bonds. The highest BCUT2D eigenvalue weighted by Gasteiger charge is 2.22. The molecule has 2 N–H and O–H groups in total. The number of phenols is 1. The van der Waals surface area contributed by atoms with Crippen molar-refractivity contribution in [2.75, 3.05) is 11.6 Å². The van der Waals surface area contributed by atoms with Gasteiger partial charge in [0, 0.05) is 6.26 Å². The molecule has 0 radical (unpaired) electrons. The minimum atomic E-state index is -3.27. The van der Waals surface area contributed by atoms with Crippen molar-refractivity contribution >= 4 is 15.5 Å². The maximum Gasteiger partial charge on any atom is 0.192 e. The first-order valence-corrected chi connectivity index (χ1v) is 8.57. The van der Waals surface area contributed by atoms with E-state index in [1.54, 1.807) is 18.2 Å². The summed E-state index contributed by atoms with van der Waals surface area (Å²) in [6, 6.07) is 8.79. The Balaban J connectivity index is 1.80. The zero-order valence-electron chi connectivity index (χ0n) is 11.6. The van der Waals surface area contributed by atoms with Crippen molar-refractivity contribution in [3.63, 3.8) is 0 Å². The van der Waals surface area contributed by atoms with Gasteiger partial charge in [0.1, 0.15) is 5.75 Å². The van der Waals surface area contributed by atoms with E-state index in [0.717, 1.165) is 30.3 Å². The van der Waals surface area contributed by atoms with Crippen LogP contribution in [0.2, 0.25) is 0 Å². The molecule has 1 unspecified atom stereocenters. The van der Waals surface area contributed by atoms with Crippen molar-refractivity contribution in [1.82, 2.24) is 4.98 Å². The number of anilines is 1. The van der Waals surface area contributed by atoms with Gasteiger partial charge in [0.15, 0.2) is 14.9 Å². The molecule has 110 valence electrons. The van der Waals surface area contributed by atoms with Gasteiger partial charge in [-0.05, 0) is 48.2 Å². The molecule has 0 aliphatic heterocycles. The average Bonchev–Trinajstić information content (AvgIpc) is 2.80. The Morgan fingerprint density at radius 3 is 2.76 bits per heavy atom. The van der Waals surface area contributed by atoms with E-state index in [4.69, 9.17) is 0 Å². The number of aryl methyl sites for hydroxylation is 1. The monoisotopic (exact) mass is 304 g/mol. The van der Waals surface area contributed by atoms with E-state index in [-0.39, 0.29) is 16.8 Å². The molecule has 1 atom stereocenters. The van der Waals surface area contributed by atoms with Crippen LogP contribution in [0.3, 0.4) is 0 Å². The number of sulfone groups is 1. The van der Waals surface area contributed by atoms with Gasteiger partial charge in [-0.3, -0.25) is 0 Å². The number of phenolic OH excluding ortho intramolecular Hbond substituents is 1. The van der Waals surface area contributed by atoms with Crippen molar-refractivity contribution in [1.29, 1.82) is 0 Å². The van der Waals surface area contributed by atoms with Gasteiger partial charge in [-0.15, -0.1) is 0 Å². The summed E-state index contributed by atoms with van der Waals surface area (Å²) in [4.78, 5) is 3.97. The van der Waals surface area contributed by atoms with Crippen LogP contribution >= 0.6 is 0 Å². The first kappa shape index (κ1) is 13.9. The second-order valence-corrected chi connectivity index (χ2v) is 7.24. The summed E-state index contributed by atoms with van der Waals surface area (Å²) < 4.78 is 22.8. The summed E-state index contributed by atoms with van der Waals surface area (Å²) in [7, 11) is -3.27. The van der Waals surface area contributed by atoms with E-state index in [1.807, 2.05) is 6.07 Å². The van der Waals surface area contributed by atoms with E-state index in [9.17, 15) is 13.5 Å². The number of aromatic hydroxyl groups is 1. The molecule has 1 aromatic heterocycles. The molecule has 2 aromatic rings. The summed E-state index contributed by atoms with van der Waals surface area (Å²) in [5.41, 5.74) is 3.10. The molecule has 0 saturated carbocycles. The highest BCUT2D eigenvalue weighted by atomic mass is 32.2. The highest BCUT2D eigenvalue weighted by molar-refractivity contribution is 7.90. The minimum Gasteiger partial charge on any atom is -0.508 e. The van der Waals surface area contributed by atoms with Crippen LogP contribution in [-0.4, -0.2) is 24.8 Å². The maximum atomic E-state index is 11.4. The smallest absolute Gasteiger partial charge is 0.192 e. The molecular formula is C15H16N2O3S. The summed E-state index contributed by atoms with van der Waals surface area (Å²) >= 11 is 0. The van der Waals surface area contributed by atoms with E-state index in [2.05, 4.69) is 10.3 Å². The highest BCUT2D eigenvalue weighted by Crippen LogP contribution is 2.35. The summed E-state index contributed by atoms with van der Waals surface area (Å²) in [6.45, 7) is 0. The fraction of sp³-hybridized carbons (Fsp3) is 0.267. The fourth-order valence-corrected chi connectivity index (χ4v) is 3.20. The van der Waals surface area contributed by atoms with Crippen molar-refractivity contribution < 1.29 is 13.5 Å². The first-order chi connectivity index (χ1) is 9.93. The van der Waals surface area contributed by atoms with Crippen molar-refractivity contribution in [3.05, 3.63) is 47.7 Å². The molecule has 5 nitrogen and oxygen atoms in total. The van der Waals surface area contributed by atoms with Gasteiger partial charge in [0.25, 0.3) is 0 Å². The Bertz CT molecular complexity index is 770. The zero-order chi connectivity index (χ0) is 15.0. The van der Waals surface area contributed by atoms with Gasteiger partial charge in [-0.1, -0.05) is 6.07 Å². The Kier molecular flexibility index (Phi) is 3.33. The molecule has 21 heavy (non-hydrogen) atoms. The second kappa shape index (κ2) is 5.04. The van der Waals surface area contributed by atoms with E-state index in [1.165, 1.54) is 17.8 Å². The predicted molar refractivity (Wildman–Crippen MR) is 80.1 cm³/mol. The largest absolute Gasteiger partial charge is 0.508 e. The average molecular weight is 304 g/mol. The lowest BCUT2D eigenvalue weighted by Gasteiger charge is -2.15. The van der Waals surface area contributed by atoms with Crippen molar-refractivity contribution in [2.45, 2.75) is 23.9 Å². The normalized spacial score (nSPS) is 17.5. The van der Waals surface area contributed by atoms with E-state index < -0.39 is 9.84 Å². The molecule has 6 heteroatoms. The van der Waals surface area contributed by atoms with Crippen LogP contribution in [0.25, 0.3) is 0 Å². The van der Waals surface area contributed by atoms with Crippen LogP contribution in [0, 0.1) is 0 Å².